The van der Waals surface area contributed by atoms with E-state index in [1.165, 1.54) is 6.08 Å². The van der Waals surface area contributed by atoms with Gasteiger partial charge in [-0.2, -0.15) is 4.98 Å². The third-order valence-corrected chi connectivity index (χ3v) is 4.02. The van der Waals surface area contributed by atoms with Crippen LogP contribution in [0.25, 0.3) is 12.2 Å². The first-order valence-corrected chi connectivity index (χ1v) is 9.07. The largest absolute Gasteiger partial charge is 0.490 e. The highest BCUT2D eigenvalue weighted by Gasteiger charge is 2.21. The third kappa shape index (κ3) is 5.02. The van der Waals surface area contributed by atoms with E-state index in [0.29, 0.717) is 30.3 Å². The van der Waals surface area contributed by atoms with Crippen molar-refractivity contribution in [1.29, 1.82) is 0 Å². The highest BCUT2D eigenvalue weighted by Crippen LogP contribution is 2.30. The summed E-state index contributed by atoms with van der Waals surface area (Å²) in [7, 11) is 0. The van der Waals surface area contributed by atoms with Crippen molar-refractivity contribution in [3.05, 3.63) is 86.0 Å². The lowest BCUT2D eigenvalue weighted by molar-refractivity contribution is -0.387. The Morgan fingerprint density at radius 3 is 2.57 bits per heavy atom. The van der Waals surface area contributed by atoms with Gasteiger partial charge in [-0.1, -0.05) is 42.5 Å². The van der Waals surface area contributed by atoms with Crippen molar-refractivity contribution in [3.8, 4) is 17.4 Å². The fraction of sp³-hybridized carbons (Fsp3) is 0.143. The van der Waals surface area contributed by atoms with Gasteiger partial charge in [-0.05, 0) is 36.3 Å². The fourth-order valence-corrected chi connectivity index (χ4v) is 2.64. The summed E-state index contributed by atoms with van der Waals surface area (Å²) in [6.07, 6.45) is 3.04. The fourth-order valence-electron chi connectivity index (χ4n) is 2.64. The van der Waals surface area contributed by atoms with Crippen LogP contribution in [0, 0.1) is 10.1 Å². The van der Waals surface area contributed by atoms with E-state index in [9.17, 15) is 20.0 Å². The van der Waals surface area contributed by atoms with Crippen LogP contribution < -0.4 is 15.0 Å². The molecule has 0 saturated heterocycles. The van der Waals surface area contributed by atoms with Crippen LogP contribution in [-0.2, 0) is 6.61 Å². The molecule has 3 aromatic rings. The van der Waals surface area contributed by atoms with E-state index < -0.39 is 22.0 Å². The Kier molecular flexibility index (Phi) is 6.43. The summed E-state index contributed by atoms with van der Waals surface area (Å²) in [5.41, 5.74) is -0.291. The Bertz CT molecular complexity index is 1130. The number of benzene rings is 2. The number of aromatic nitrogens is 2. The van der Waals surface area contributed by atoms with Gasteiger partial charge in [0.25, 0.3) is 5.88 Å². The lowest BCUT2D eigenvalue weighted by atomic mass is 10.2. The first-order valence-electron chi connectivity index (χ1n) is 9.07. The summed E-state index contributed by atoms with van der Waals surface area (Å²) in [5.74, 6) is 0.162. The Morgan fingerprint density at radius 1 is 1.13 bits per heavy atom. The molecule has 0 radical (unpaired) electrons. The van der Waals surface area contributed by atoms with Gasteiger partial charge in [-0.3, -0.25) is 14.9 Å². The summed E-state index contributed by atoms with van der Waals surface area (Å²) in [4.78, 5) is 27.4. The lowest BCUT2D eigenvalue weighted by Gasteiger charge is -2.12. The van der Waals surface area contributed by atoms with E-state index in [2.05, 4.69) is 9.97 Å². The summed E-state index contributed by atoms with van der Waals surface area (Å²) >= 11 is 0. The molecule has 0 aliphatic rings. The number of hydrogen-bond acceptors (Lipinski definition) is 7. The Morgan fingerprint density at radius 2 is 1.90 bits per heavy atom. The zero-order valence-corrected chi connectivity index (χ0v) is 16.1. The molecular formula is C21H19N3O6. The number of hydrogen-bond donors (Lipinski definition) is 2. The van der Waals surface area contributed by atoms with Gasteiger partial charge in [0.2, 0.25) is 0 Å². The molecule has 0 aliphatic heterocycles. The normalized spacial score (nSPS) is 10.8. The van der Waals surface area contributed by atoms with E-state index >= 15 is 0 Å². The first kappa shape index (κ1) is 20.6. The van der Waals surface area contributed by atoms with E-state index in [4.69, 9.17) is 9.47 Å². The predicted molar refractivity (Wildman–Crippen MR) is 110 cm³/mol. The van der Waals surface area contributed by atoms with Crippen LogP contribution in [0.4, 0.5) is 5.69 Å². The quantitative estimate of drug-likeness (QED) is 0.430. The minimum absolute atomic E-state index is 0.0227. The molecule has 0 aliphatic carbocycles. The van der Waals surface area contributed by atoms with E-state index in [-0.39, 0.29) is 5.82 Å². The molecular weight excluding hydrogens is 390 g/mol. The number of rotatable bonds is 8. The van der Waals surface area contributed by atoms with E-state index in [1.54, 1.807) is 24.3 Å². The van der Waals surface area contributed by atoms with Crippen LogP contribution in [0.2, 0.25) is 0 Å². The standard InChI is InChI=1S/C21H19N3O6/c1-2-29-17-12-14(8-10-16(17)30-13-15-6-4-3-5-7-15)9-11-18-22-20(25)19(24(27)28)21(26)23-18/h3-12H,2,13H2,1H3,(H2,22,23,25,26). The first-order chi connectivity index (χ1) is 14.5. The van der Waals surface area contributed by atoms with Crippen molar-refractivity contribution in [1.82, 2.24) is 9.97 Å². The average molecular weight is 409 g/mol. The monoisotopic (exact) mass is 409 g/mol. The number of nitrogens with one attached hydrogen (secondary N) is 1. The molecule has 2 N–H and O–H groups in total. The molecule has 30 heavy (non-hydrogen) atoms. The summed E-state index contributed by atoms with van der Waals surface area (Å²) < 4.78 is 11.5. The number of ether oxygens (including phenoxy) is 2. The van der Waals surface area contributed by atoms with Gasteiger partial charge in [0, 0.05) is 0 Å². The van der Waals surface area contributed by atoms with Crippen molar-refractivity contribution < 1.29 is 19.5 Å². The molecule has 0 unspecified atom stereocenters. The second-order valence-electron chi connectivity index (χ2n) is 6.13. The Hall–Kier alpha value is -4.14. The highest BCUT2D eigenvalue weighted by atomic mass is 16.6. The molecule has 0 spiro atoms. The van der Waals surface area contributed by atoms with Crippen molar-refractivity contribution in [2.45, 2.75) is 13.5 Å². The maximum absolute atomic E-state index is 11.7. The summed E-state index contributed by atoms with van der Waals surface area (Å²) in [5, 5.41) is 20.3. The maximum atomic E-state index is 11.7. The maximum Gasteiger partial charge on any atom is 0.395 e. The summed E-state index contributed by atoms with van der Waals surface area (Å²) in [6, 6.07) is 15.0. The second-order valence-corrected chi connectivity index (χ2v) is 6.13. The predicted octanol–water partition coefficient (Wildman–Crippen LogP) is 3.53. The molecule has 9 nitrogen and oxygen atoms in total. The van der Waals surface area contributed by atoms with E-state index in [0.717, 1.165) is 5.56 Å². The number of aromatic hydroxyl groups is 1. The van der Waals surface area contributed by atoms with Gasteiger partial charge in [0.1, 0.15) is 12.4 Å². The minimum atomic E-state index is -1.04. The number of nitrogens with zero attached hydrogens (tertiary/aromatic N) is 2. The molecule has 1 aromatic heterocycles. The van der Waals surface area contributed by atoms with Gasteiger partial charge >= 0.3 is 11.2 Å². The smallest absolute Gasteiger partial charge is 0.395 e. The topological polar surface area (TPSA) is 128 Å². The van der Waals surface area contributed by atoms with Crippen molar-refractivity contribution in [3.63, 3.8) is 0 Å². The van der Waals surface area contributed by atoms with Crippen LogP contribution in [0.5, 0.6) is 17.4 Å². The van der Waals surface area contributed by atoms with Gasteiger partial charge in [0.15, 0.2) is 11.5 Å². The van der Waals surface area contributed by atoms with E-state index in [1.807, 2.05) is 37.3 Å². The molecule has 154 valence electrons. The average Bonchev–Trinajstić information content (AvgIpc) is 2.72. The van der Waals surface area contributed by atoms with Crippen molar-refractivity contribution in [2.75, 3.05) is 6.61 Å². The van der Waals surface area contributed by atoms with Gasteiger partial charge in [-0.15, -0.1) is 0 Å². The third-order valence-electron chi connectivity index (χ3n) is 4.02. The lowest BCUT2D eigenvalue weighted by Crippen LogP contribution is -2.14. The zero-order valence-electron chi connectivity index (χ0n) is 16.1. The SMILES string of the molecule is CCOc1cc(C=Cc2nc(O)c([N+](=O)[O-])c(=O)[nH]2)ccc1OCc1ccccc1. The molecule has 1 heterocycles. The molecule has 0 atom stereocenters. The van der Waals surface area contributed by atoms with Crippen LogP contribution in [0.1, 0.15) is 23.9 Å². The molecule has 0 bridgehead atoms. The second kappa shape index (κ2) is 9.37. The highest BCUT2D eigenvalue weighted by molar-refractivity contribution is 5.68. The van der Waals surface area contributed by atoms with Gasteiger partial charge in [0.05, 0.1) is 11.5 Å². The molecule has 0 fully saturated rings. The van der Waals surface area contributed by atoms with Crippen molar-refractivity contribution in [2.24, 2.45) is 0 Å². The molecule has 3 rings (SSSR count). The molecule has 0 saturated carbocycles. The molecule has 0 amide bonds. The Balaban J connectivity index is 1.80. The van der Waals surface area contributed by atoms with Crippen LogP contribution in [-0.4, -0.2) is 26.6 Å². The van der Waals surface area contributed by atoms with Gasteiger partial charge in [-0.25, -0.2) is 0 Å². The summed E-state index contributed by atoms with van der Waals surface area (Å²) in [6.45, 7) is 2.70. The minimum Gasteiger partial charge on any atom is -0.490 e. The van der Waals surface area contributed by atoms with Crippen LogP contribution in [0.15, 0.2) is 53.3 Å². The van der Waals surface area contributed by atoms with Crippen LogP contribution >= 0.6 is 0 Å². The molecule has 2 aromatic carbocycles. The number of H-pyrrole nitrogens is 1. The number of aromatic amines is 1. The molecule has 9 heteroatoms. The van der Waals surface area contributed by atoms with Gasteiger partial charge < -0.3 is 19.6 Å². The van der Waals surface area contributed by atoms with Crippen molar-refractivity contribution >= 4 is 17.8 Å². The zero-order chi connectivity index (χ0) is 21.5. The number of nitro groups is 1. The Labute approximate surface area is 171 Å². The van der Waals surface area contributed by atoms with Crippen LogP contribution in [0.3, 0.4) is 0 Å².